The molecule has 0 N–H and O–H groups in total. The normalized spacial score (nSPS) is 13.6. The van der Waals surface area contributed by atoms with E-state index in [2.05, 4.69) is 15.7 Å². The lowest BCUT2D eigenvalue weighted by Gasteiger charge is -2.03. The SMILES string of the molecule is C=CCOC(=O)N=S(C)(=O)c1ccccc1. The molecule has 0 heterocycles. The van der Waals surface area contributed by atoms with Gasteiger partial charge in [0.1, 0.15) is 6.61 Å². The molecule has 0 spiro atoms. The molecule has 1 aromatic carbocycles. The minimum absolute atomic E-state index is 0.0621. The summed E-state index contributed by atoms with van der Waals surface area (Å²) in [7, 11) is -2.72. The van der Waals surface area contributed by atoms with Crippen LogP contribution in [-0.2, 0) is 14.5 Å². The smallest absolute Gasteiger partial charge is 0.442 e. The van der Waals surface area contributed by atoms with Crippen LogP contribution < -0.4 is 0 Å². The van der Waals surface area contributed by atoms with Gasteiger partial charge < -0.3 is 4.74 Å². The lowest BCUT2D eigenvalue weighted by atomic mass is 10.4. The third-order valence-corrected chi connectivity index (χ3v) is 3.40. The van der Waals surface area contributed by atoms with Crippen molar-refractivity contribution in [1.82, 2.24) is 0 Å². The van der Waals surface area contributed by atoms with Crippen LogP contribution in [0.25, 0.3) is 0 Å². The molecule has 1 atom stereocenters. The molecule has 0 aliphatic heterocycles. The summed E-state index contributed by atoms with van der Waals surface area (Å²) in [5.74, 6) is 0. The van der Waals surface area contributed by atoms with E-state index in [1.807, 2.05) is 0 Å². The van der Waals surface area contributed by atoms with Crippen molar-refractivity contribution in [3.63, 3.8) is 0 Å². The van der Waals surface area contributed by atoms with Crippen LogP contribution in [0.4, 0.5) is 4.79 Å². The fraction of sp³-hybridized carbons (Fsp3) is 0.182. The quantitative estimate of drug-likeness (QED) is 0.761. The van der Waals surface area contributed by atoms with Crippen LogP contribution in [0.2, 0.25) is 0 Å². The van der Waals surface area contributed by atoms with Crippen LogP contribution >= 0.6 is 0 Å². The van der Waals surface area contributed by atoms with Gasteiger partial charge in [-0.3, -0.25) is 0 Å². The van der Waals surface area contributed by atoms with Gasteiger partial charge in [0.25, 0.3) is 0 Å². The number of rotatable bonds is 3. The number of hydrogen-bond donors (Lipinski definition) is 0. The second-order valence-corrected chi connectivity index (χ2v) is 5.33. The first-order chi connectivity index (χ1) is 7.56. The van der Waals surface area contributed by atoms with Crippen molar-refractivity contribution >= 4 is 15.8 Å². The second kappa shape index (κ2) is 5.46. The zero-order valence-electron chi connectivity index (χ0n) is 8.96. The van der Waals surface area contributed by atoms with Crippen molar-refractivity contribution in [2.45, 2.75) is 4.90 Å². The Kier molecular flexibility index (Phi) is 4.25. The standard InChI is InChI=1S/C11H13NO3S/c1-3-9-15-11(13)12-16(2,14)10-7-5-4-6-8-10/h3-8H,1,9H2,2H3. The molecule has 0 saturated carbocycles. The summed E-state index contributed by atoms with van der Waals surface area (Å²) in [5.41, 5.74) is 0. The number of hydrogen-bond acceptors (Lipinski definition) is 3. The van der Waals surface area contributed by atoms with Crippen LogP contribution in [0.15, 0.2) is 52.2 Å². The van der Waals surface area contributed by atoms with Gasteiger partial charge in [-0.25, -0.2) is 9.00 Å². The van der Waals surface area contributed by atoms with E-state index in [1.54, 1.807) is 30.3 Å². The fourth-order valence-corrected chi connectivity index (χ4v) is 2.13. The van der Waals surface area contributed by atoms with Crippen LogP contribution in [0.5, 0.6) is 0 Å². The zero-order chi connectivity index (χ0) is 12.0. The minimum Gasteiger partial charge on any atom is -0.443 e. The van der Waals surface area contributed by atoms with Gasteiger partial charge in [0.2, 0.25) is 0 Å². The predicted molar refractivity (Wildman–Crippen MR) is 62.7 cm³/mol. The highest BCUT2D eigenvalue weighted by atomic mass is 32.2. The van der Waals surface area contributed by atoms with Crippen molar-refractivity contribution in [3.8, 4) is 0 Å². The summed E-state index contributed by atoms with van der Waals surface area (Å²) in [4.78, 5) is 11.7. The third kappa shape index (κ3) is 3.51. The minimum atomic E-state index is -2.72. The van der Waals surface area contributed by atoms with E-state index >= 15 is 0 Å². The molecule has 1 unspecified atom stereocenters. The van der Waals surface area contributed by atoms with E-state index in [9.17, 15) is 9.00 Å². The highest BCUT2D eigenvalue weighted by Gasteiger charge is 2.08. The summed E-state index contributed by atoms with van der Waals surface area (Å²) >= 11 is 0. The second-order valence-electron chi connectivity index (χ2n) is 3.07. The maximum absolute atomic E-state index is 12.1. The highest BCUT2D eigenvalue weighted by molar-refractivity contribution is 7.93. The molecule has 0 aromatic heterocycles. The first kappa shape index (κ1) is 12.4. The Morgan fingerprint density at radius 2 is 2.12 bits per heavy atom. The van der Waals surface area contributed by atoms with E-state index in [0.29, 0.717) is 4.90 Å². The first-order valence-corrected chi connectivity index (χ1v) is 6.53. The van der Waals surface area contributed by atoms with Crippen molar-refractivity contribution < 1.29 is 13.7 Å². The molecule has 0 fully saturated rings. The molecule has 0 aliphatic carbocycles. The van der Waals surface area contributed by atoms with Gasteiger partial charge in [0, 0.05) is 11.2 Å². The monoisotopic (exact) mass is 239 g/mol. The molecule has 5 heteroatoms. The Morgan fingerprint density at radius 1 is 1.50 bits per heavy atom. The Balaban J connectivity index is 2.94. The number of nitrogens with zero attached hydrogens (tertiary/aromatic N) is 1. The van der Waals surface area contributed by atoms with E-state index in [4.69, 9.17) is 0 Å². The molecule has 1 amide bonds. The lowest BCUT2D eigenvalue weighted by molar-refractivity contribution is 0.170. The number of carbonyl (C=O) groups is 1. The molecule has 0 radical (unpaired) electrons. The zero-order valence-corrected chi connectivity index (χ0v) is 9.78. The average molecular weight is 239 g/mol. The summed E-state index contributed by atoms with van der Waals surface area (Å²) < 4.78 is 20.2. The summed E-state index contributed by atoms with van der Waals surface area (Å²) in [6, 6.07) is 8.60. The van der Waals surface area contributed by atoms with Gasteiger partial charge in [0.15, 0.2) is 0 Å². The van der Waals surface area contributed by atoms with Gasteiger partial charge in [0.05, 0.1) is 9.73 Å². The Labute approximate surface area is 95.1 Å². The van der Waals surface area contributed by atoms with Gasteiger partial charge in [-0.2, -0.15) is 0 Å². The molecular weight excluding hydrogens is 226 g/mol. The van der Waals surface area contributed by atoms with E-state index in [0.717, 1.165) is 0 Å². The molecule has 1 aromatic rings. The Hall–Kier alpha value is -1.62. The van der Waals surface area contributed by atoms with Crippen LogP contribution in [-0.4, -0.2) is 23.2 Å². The first-order valence-electron chi connectivity index (χ1n) is 4.61. The molecule has 16 heavy (non-hydrogen) atoms. The molecular formula is C11H13NO3S. The van der Waals surface area contributed by atoms with Gasteiger partial charge in [-0.05, 0) is 12.1 Å². The highest BCUT2D eigenvalue weighted by Crippen LogP contribution is 2.10. The Morgan fingerprint density at radius 3 is 2.69 bits per heavy atom. The summed E-state index contributed by atoms with van der Waals surface area (Å²) in [6.45, 7) is 3.46. The third-order valence-electron chi connectivity index (χ3n) is 1.75. The predicted octanol–water partition coefficient (Wildman–Crippen LogP) is 2.47. The number of amides is 1. The van der Waals surface area contributed by atoms with Crippen LogP contribution in [0.3, 0.4) is 0 Å². The maximum atomic E-state index is 12.1. The topological polar surface area (TPSA) is 55.7 Å². The molecule has 86 valence electrons. The van der Waals surface area contributed by atoms with Gasteiger partial charge in [-0.15, -0.1) is 4.36 Å². The van der Waals surface area contributed by atoms with Crippen molar-refractivity contribution in [2.24, 2.45) is 4.36 Å². The maximum Gasteiger partial charge on any atom is 0.442 e. The van der Waals surface area contributed by atoms with Crippen molar-refractivity contribution in [1.29, 1.82) is 0 Å². The largest absolute Gasteiger partial charge is 0.443 e. The molecule has 0 saturated heterocycles. The molecule has 0 bridgehead atoms. The lowest BCUT2D eigenvalue weighted by Crippen LogP contribution is -2.05. The molecule has 4 nitrogen and oxygen atoms in total. The van der Waals surface area contributed by atoms with Crippen molar-refractivity contribution in [3.05, 3.63) is 43.0 Å². The van der Waals surface area contributed by atoms with Crippen LogP contribution in [0, 0.1) is 0 Å². The fourth-order valence-electron chi connectivity index (χ4n) is 1.02. The molecule has 1 rings (SSSR count). The summed E-state index contributed by atoms with van der Waals surface area (Å²) in [5, 5.41) is 0. The van der Waals surface area contributed by atoms with E-state index in [-0.39, 0.29) is 6.61 Å². The number of benzene rings is 1. The number of carbonyl (C=O) groups excluding carboxylic acids is 1. The van der Waals surface area contributed by atoms with Gasteiger partial charge >= 0.3 is 6.09 Å². The van der Waals surface area contributed by atoms with E-state index in [1.165, 1.54) is 12.3 Å². The van der Waals surface area contributed by atoms with Crippen molar-refractivity contribution in [2.75, 3.05) is 12.9 Å². The van der Waals surface area contributed by atoms with Crippen LogP contribution in [0.1, 0.15) is 0 Å². The number of ether oxygens (including phenoxy) is 1. The molecule has 0 aliphatic rings. The van der Waals surface area contributed by atoms with Gasteiger partial charge in [-0.1, -0.05) is 30.9 Å². The Bertz CT molecular complexity index is 487. The summed E-state index contributed by atoms with van der Waals surface area (Å²) in [6.07, 6.45) is 1.99. The average Bonchev–Trinajstić information content (AvgIpc) is 2.27. The van der Waals surface area contributed by atoms with E-state index < -0.39 is 15.8 Å².